The van der Waals surface area contributed by atoms with Gasteiger partial charge in [-0.1, -0.05) is 0 Å². The van der Waals surface area contributed by atoms with Gasteiger partial charge in [-0.25, -0.2) is 9.59 Å². The lowest BCUT2D eigenvalue weighted by atomic mass is 10.1. The van der Waals surface area contributed by atoms with E-state index >= 15 is 0 Å². The summed E-state index contributed by atoms with van der Waals surface area (Å²) in [7, 11) is 1.28. The maximum Gasteiger partial charge on any atom is 0.330 e. The molecule has 1 unspecified atom stereocenters. The molecule has 3 rings (SSSR count). The zero-order chi connectivity index (χ0) is 18.5. The molecule has 9 heteroatoms. The highest BCUT2D eigenvalue weighted by atomic mass is 16.5. The topological polar surface area (TPSA) is 92.3 Å². The molecule has 2 aliphatic rings. The lowest BCUT2D eigenvalue weighted by Crippen LogP contribution is -2.62. The van der Waals surface area contributed by atoms with Crippen LogP contribution in [0.25, 0.3) is 0 Å². The molecule has 1 aromatic rings. The van der Waals surface area contributed by atoms with Gasteiger partial charge in [0.05, 0.1) is 32.4 Å². The Kier molecular flexibility index (Phi) is 5.67. The molecule has 2 fully saturated rings. The third-order valence-corrected chi connectivity index (χ3v) is 4.58. The predicted molar refractivity (Wildman–Crippen MR) is 90.4 cm³/mol. The van der Waals surface area contributed by atoms with Gasteiger partial charge >= 0.3 is 12.0 Å². The van der Waals surface area contributed by atoms with Gasteiger partial charge in [-0.05, 0) is 12.1 Å². The Balaban J connectivity index is 1.74. The number of methoxy groups -OCH3 is 1. The summed E-state index contributed by atoms with van der Waals surface area (Å²) in [5.74, 6) is -0.749. The number of rotatable bonds is 2. The van der Waals surface area contributed by atoms with E-state index in [-0.39, 0.29) is 25.0 Å². The van der Waals surface area contributed by atoms with E-state index in [9.17, 15) is 14.4 Å². The predicted octanol–water partition coefficient (Wildman–Crippen LogP) is -0.167. The van der Waals surface area contributed by atoms with Gasteiger partial charge < -0.3 is 24.2 Å². The quantitative estimate of drug-likeness (QED) is 0.679. The monoisotopic (exact) mass is 362 g/mol. The fourth-order valence-corrected chi connectivity index (χ4v) is 3.14. The molecule has 0 N–H and O–H groups in total. The molecule has 26 heavy (non-hydrogen) atoms. The van der Waals surface area contributed by atoms with Crippen LogP contribution in [0.1, 0.15) is 10.4 Å². The van der Waals surface area contributed by atoms with Crippen molar-refractivity contribution in [2.75, 3.05) is 53.0 Å². The van der Waals surface area contributed by atoms with Crippen LogP contribution >= 0.6 is 0 Å². The number of carbonyl (C=O) groups excluding carboxylic acids is 3. The molecular weight excluding hydrogens is 340 g/mol. The number of pyridine rings is 1. The van der Waals surface area contributed by atoms with Gasteiger partial charge in [0.25, 0.3) is 5.91 Å². The first-order valence-corrected chi connectivity index (χ1v) is 8.52. The van der Waals surface area contributed by atoms with Crippen LogP contribution in [0.15, 0.2) is 24.5 Å². The average molecular weight is 362 g/mol. The third-order valence-electron chi connectivity index (χ3n) is 4.58. The number of amides is 3. The lowest BCUT2D eigenvalue weighted by molar-refractivity contribution is -0.147. The third kappa shape index (κ3) is 3.77. The van der Waals surface area contributed by atoms with Crippen molar-refractivity contribution in [2.24, 2.45) is 0 Å². The molecule has 2 aliphatic heterocycles. The van der Waals surface area contributed by atoms with Crippen LogP contribution in [-0.2, 0) is 14.3 Å². The largest absolute Gasteiger partial charge is 0.467 e. The molecule has 0 spiro atoms. The van der Waals surface area contributed by atoms with E-state index in [2.05, 4.69) is 4.98 Å². The number of nitrogens with zero attached hydrogens (tertiary/aromatic N) is 4. The minimum atomic E-state index is -0.829. The van der Waals surface area contributed by atoms with Crippen LogP contribution in [0.5, 0.6) is 0 Å². The number of urea groups is 1. The van der Waals surface area contributed by atoms with Crippen molar-refractivity contribution < 1.29 is 23.9 Å². The van der Waals surface area contributed by atoms with E-state index in [1.165, 1.54) is 18.2 Å². The molecule has 3 heterocycles. The van der Waals surface area contributed by atoms with E-state index < -0.39 is 12.0 Å². The van der Waals surface area contributed by atoms with Crippen molar-refractivity contribution >= 4 is 17.9 Å². The van der Waals surface area contributed by atoms with Crippen LogP contribution in [0, 0.1) is 0 Å². The zero-order valence-corrected chi connectivity index (χ0v) is 14.7. The van der Waals surface area contributed by atoms with Crippen molar-refractivity contribution in [1.29, 1.82) is 0 Å². The number of ether oxygens (including phenoxy) is 2. The van der Waals surface area contributed by atoms with Crippen LogP contribution < -0.4 is 0 Å². The number of carbonyl (C=O) groups is 3. The number of hydrogen-bond acceptors (Lipinski definition) is 6. The van der Waals surface area contributed by atoms with Gasteiger partial charge in [0.2, 0.25) is 0 Å². The van der Waals surface area contributed by atoms with Crippen molar-refractivity contribution in [3.8, 4) is 0 Å². The van der Waals surface area contributed by atoms with Crippen LogP contribution in [0.3, 0.4) is 0 Å². The fourth-order valence-electron chi connectivity index (χ4n) is 3.14. The Labute approximate surface area is 151 Å². The molecule has 0 saturated carbocycles. The fraction of sp³-hybridized carbons (Fsp3) is 0.529. The molecule has 0 bridgehead atoms. The first-order valence-electron chi connectivity index (χ1n) is 8.52. The van der Waals surface area contributed by atoms with Crippen molar-refractivity contribution in [2.45, 2.75) is 6.04 Å². The number of aromatic nitrogens is 1. The van der Waals surface area contributed by atoms with Gasteiger partial charge in [0.1, 0.15) is 6.04 Å². The number of esters is 1. The summed E-state index contributed by atoms with van der Waals surface area (Å²) in [5, 5.41) is 0. The van der Waals surface area contributed by atoms with Crippen LogP contribution in [0.2, 0.25) is 0 Å². The normalized spacial score (nSPS) is 20.7. The summed E-state index contributed by atoms with van der Waals surface area (Å²) >= 11 is 0. The molecule has 9 nitrogen and oxygen atoms in total. The highest BCUT2D eigenvalue weighted by molar-refractivity contribution is 5.95. The summed E-state index contributed by atoms with van der Waals surface area (Å²) in [6.45, 7) is 2.64. The zero-order valence-electron chi connectivity index (χ0n) is 14.7. The van der Waals surface area contributed by atoms with Gasteiger partial charge in [-0.2, -0.15) is 0 Å². The number of piperazine rings is 1. The Hall–Kier alpha value is -2.68. The SMILES string of the molecule is COC(=O)C1CN(C(=O)c2cccnc2)CCN1C(=O)N1CCOCC1. The van der Waals surface area contributed by atoms with E-state index in [1.807, 2.05) is 0 Å². The van der Waals surface area contributed by atoms with Crippen molar-refractivity contribution in [1.82, 2.24) is 19.7 Å². The summed E-state index contributed by atoms with van der Waals surface area (Å²) < 4.78 is 10.1. The molecule has 3 amide bonds. The molecule has 1 atom stereocenters. The summed E-state index contributed by atoms with van der Waals surface area (Å²) in [5.41, 5.74) is 0.448. The highest BCUT2D eigenvalue weighted by Gasteiger charge is 2.39. The number of hydrogen-bond donors (Lipinski definition) is 0. The Morgan fingerprint density at radius 2 is 1.92 bits per heavy atom. The second-order valence-corrected chi connectivity index (χ2v) is 6.11. The number of morpholine rings is 1. The highest BCUT2D eigenvalue weighted by Crippen LogP contribution is 2.17. The summed E-state index contributed by atoms with van der Waals surface area (Å²) in [4.78, 5) is 46.4. The Bertz CT molecular complexity index is 662. The maximum absolute atomic E-state index is 12.8. The first-order chi connectivity index (χ1) is 12.6. The van der Waals surface area contributed by atoms with Gasteiger partial charge in [-0.15, -0.1) is 0 Å². The minimum absolute atomic E-state index is 0.0937. The summed E-state index contributed by atoms with van der Waals surface area (Å²) in [6.07, 6.45) is 3.08. The Morgan fingerprint density at radius 3 is 2.58 bits per heavy atom. The molecule has 0 radical (unpaired) electrons. The van der Waals surface area contributed by atoms with E-state index in [0.29, 0.717) is 38.4 Å². The van der Waals surface area contributed by atoms with Crippen molar-refractivity contribution in [3.05, 3.63) is 30.1 Å². The van der Waals surface area contributed by atoms with Gasteiger partial charge in [0, 0.05) is 38.6 Å². The first kappa shape index (κ1) is 18.1. The standard InChI is InChI=1S/C17H22N4O5/c1-25-16(23)14-12-20(15(22)13-3-2-4-18-11-13)5-6-21(14)17(24)19-7-9-26-10-8-19/h2-4,11,14H,5-10,12H2,1H3. The van der Waals surface area contributed by atoms with Crippen LogP contribution in [-0.4, -0.2) is 96.7 Å². The maximum atomic E-state index is 12.8. The molecule has 2 saturated heterocycles. The smallest absolute Gasteiger partial charge is 0.330 e. The average Bonchev–Trinajstić information content (AvgIpc) is 2.73. The second kappa shape index (κ2) is 8.13. The molecule has 0 aromatic carbocycles. The molecule has 1 aromatic heterocycles. The van der Waals surface area contributed by atoms with E-state index in [0.717, 1.165) is 0 Å². The van der Waals surface area contributed by atoms with E-state index in [1.54, 1.807) is 28.1 Å². The molecule has 140 valence electrons. The van der Waals surface area contributed by atoms with E-state index in [4.69, 9.17) is 9.47 Å². The van der Waals surface area contributed by atoms with Gasteiger partial charge in [-0.3, -0.25) is 9.78 Å². The molecular formula is C17H22N4O5. The lowest BCUT2D eigenvalue weighted by Gasteiger charge is -2.42. The van der Waals surface area contributed by atoms with Crippen molar-refractivity contribution in [3.63, 3.8) is 0 Å². The summed E-state index contributed by atoms with van der Waals surface area (Å²) in [6, 6.07) is 2.30. The van der Waals surface area contributed by atoms with Gasteiger partial charge in [0.15, 0.2) is 0 Å². The van der Waals surface area contributed by atoms with Crippen LogP contribution in [0.4, 0.5) is 4.79 Å². The second-order valence-electron chi connectivity index (χ2n) is 6.11. The minimum Gasteiger partial charge on any atom is -0.467 e. The Morgan fingerprint density at radius 1 is 1.15 bits per heavy atom. The molecule has 0 aliphatic carbocycles.